The lowest BCUT2D eigenvalue weighted by Gasteiger charge is -2.43. The molecule has 0 aliphatic heterocycles. The molecule has 1 unspecified atom stereocenters. The molecule has 5 heteroatoms. The number of quaternary nitrogens is 1. The van der Waals surface area contributed by atoms with Crippen molar-refractivity contribution in [1.29, 1.82) is 0 Å². The first-order valence-corrected chi connectivity index (χ1v) is 10.7. The van der Waals surface area contributed by atoms with Crippen LogP contribution >= 0.6 is 0 Å². The van der Waals surface area contributed by atoms with Gasteiger partial charge in [-0.25, -0.2) is 0 Å². The topological polar surface area (TPSA) is 69.6 Å². The second kappa shape index (κ2) is 14.4. The molecule has 0 aromatic carbocycles. The Morgan fingerprint density at radius 3 is 1.69 bits per heavy atom. The van der Waals surface area contributed by atoms with Crippen LogP contribution < -0.4 is 5.11 Å². The van der Waals surface area contributed by atoms with E-state index in [1.165, 1.54) is 64.2 Å². The number of carbonyl (C=O) groups excluding carboxylic acids is 1. The molecule has 1 N–H and O–H groups in total. The number of carboxylic acids is 1. The molecule has 26 heavy (non-hydrogen) atoms. The number of ether oxygens (including phenoxy) is 1. The van der Waals surface area contributed by atoms with Gasteiger partial charge in [-0.15, -0.1) is 0 Å². The molecule has 0 aromatic heterocycles. The first-order valence-electron chi connectivity index (χ1n) is 10.7. The Morgan fingerprint density at radius 2 is 1.31 bits per heavy atom. The summed E-state index contributed by atoms with van der Waals surface area (Å²) in [5.41, 5.74) is 0. The first kappa shape index (κ1) is 25.4. The molecule has 0 aliphatic carbocycles. The van der Waals surface area contributed by atoms with E-state index in [1.54, 1.807) is 21.0 Å². The molecule has 1 atom stereocenters. The third-order valence-electron chi connectivity index (χ3n) is 5.26. The van der Waals surface area contributed by atoms with Gasteiger partial charge in [0.1, 0.15) is 6.54 Å². The third kappa shape index (κ3) is 11.1. The summed E-state index contributed by atoms with van der Waals surface area (Å²) >= 11 is 0. The Morgan fingerprint density at radius 1 is 0.885 bits per heavy atom. The van der Waals surface area contributed by atoms with Crippen molar-refractivity contribution in [2.45, 2.75) is 103 Å². The minimum absolute atomic E-state index is 0.149. The smallest absolute Gasteiger partial charge is 0.316 e. The van der Waals surface area contributed by atoms with Gasteiger partial charge in [0, 0.05) is 0 Å². The van der Waals surface area contributed by atoms with Crippen molar-refractivity contribution in [2.24, 2.45) is 0 Å². The van der Waals surface area contributed by atoms with E-state index in [2.05, 4.69) is 6.92 Å². The number of carboxylic acid groups (broad SMARTS) is 1. The molecule has 156 valence electrons. The van der Waals surface area contributed by atoms with Crippen LogP contribution in [-0.2, 0) is 9.53 Å². The number of likely N-dealkylation sites (N-methyl/N-ethyl adjacent to an activating group) is 1. The van der Waals surface area contributed by atoms with E-state index in [-0.39, 0.29) is 11.0 Å². The molecule has 0 aromatic rings. The Hall–Kier alpha value is -0.650. The number of aliphatic hydroxyl groups is 1. The van der Waals surface area contributed by atoms with Gasteiger partial charge in [-0.1, -0.05) is 84.5 Å². The molecule has 0 bridgehead atoms. The van der Waals surface area contributed by atoms with Gasteiger partial charge in [0.05, 0.1) is 33.1 Å². The number of hydrogen-bond acceptors (Lipinski definition) is 4. The number of aliphatic carboxylic acids is 1. The molecule has 0 radical (unpaired) electrons. The number of unbranched alkanes of at least 4 members (excludes halogenated alkanes) is 11. The maximum absolute atomic E-state index is 10.9. The van der Waals surface area contributed by atoms with Gasteiger partial charge in [-0.05, 0) is 6.42 Å². The van der Waals surface area contributed by atoms with Gasteiger partial charge in [0.15, 0.2) is 0 Å². The summed E-state index contributed by atoms with van der Waals surface area (Å²) in [4.78, 5) is 10.9. The normalized spacial score (nSPS) is 14.3. The van der Waals surface area contributed by atoms with Crippen molar-refractivity contribution in [2.75, 3.05) is 27.2 Å². The van der Waals surface area contributed by atoms with E-state index in [4.69, 9.17) is 4.74 Å². The van der Waals surface area contributed by atoms with Crippen LogP contribution in [0.1, 0.15) is 97.3 Å². The van der Waals surface area contributed by atoms with Gasteiger partial charge < -0.3 is 19.7 Å². The van der Waals surface area contributed by atoms with Gasteiger partial charge in [0.25, 0.3) is 0 Å². The van der Waals surface area contributed by atoms with Crippen molar-refractivity contribution < 1.29 is 24.2 Å². The van der Waals surface area contributed by atoms with Crippen LogP contribution in [0.5, 0.6) is 0 Å². The summed E-state index contributed by atoms with van der Waals surface area (Å²) in [7, 11) is 3.31. The zero-order valence-electron chi connectivity index (χ0n) is 17.7. The average Bonchev–Trinajstić information content (AvgIpc) is 2.57. The van der Waals surface area contributed by atoms with E-state index < -0.39 is 11.9 Å². The van der Waals surface area contributed by atoms with Gasteiger partial charge in [-0.2, -0.15) is 0 Å². The molecule has 0 rings (SSSR count). The number of rotatable bonds is 18. The highest BCUT2D eigenvalue weighted by atomic mass is 16.7. The number of hydrogen-bond donors (Lipinski definition) is 1. The van der Waals surface area contributed by atoms with Gasteiger partial charge >= 0.3 is 5.91 Å². The van der Waals surface area contributed by atoms with E-state index in [9.17, 15) is 15.0 Å². The molecule has 0 saturated heterocycles. The summed E-state index contributed by atoms with van der Waals surface area (Å²) in [6.07, 6.45) is 15.6. The second-order valence-corrected chi connectivity index (χ2v) is 8.05. The highest BCUT2D eigenvalue weighted by Gasteiger charge is 2.43. The van der Waals surface area contributed by atoms with Crippen molar-refractivity contribution >= 4 is 5.97 Å². The fourth-order valence-corrected chi connectivity index (χ4v) is 3.33. The lowest BCUT2D eigenvalue weighted by molar-refractivity contribution is -0.991. The van der Waals surface area contributed by atoms with Crippen molar-refractivity contribution in [1.82, 2.24) is 0 Å². The minimum Gasteiger partial charge on any atom is -0.544 e. The summed E-state index contributed by atoms with van der Waals surface area (Å²) in [5, 5.41) is 21.5. The van der Waals surface area contributed by atoms with Crippen LogP contribution in [0.3, 0.4) is 0 Å². The number of carbonyl (C=O) groups is 1. The fraction of sp³-hybridized carbons (Fsp3) is 0.952. The molecule has 0 amide bonds. The van der Waals surface area contributed by atoms with Crippen LogP contribution in [-0.4, -0.2) is 48.7 Å². The highest BCUT2D eigenvalue weighted by molar-refractivity contribution is 5.65. The molecule has 0 fully saturated rings. The van der Waals surface area contributed by atoms with E-state index in [0.29, 0.717) is 13.0 Å². The Bertz CT molecular complexity index is 360. The standard InChI is InChI=1S/C21H43NO4/c1-5-7-8-9-10-11-12-13-14-15-16-17-18-26-21(25,6-2)22(3,4)19-20(23)24/h25H,5-19H2,1-4H3. The monoisotopic (exact) mass is 373 g/mol. The lowest BCUT2D eigenvalue weighted by Crippen LogP contribution is -2.64. The molecular weight excluding hydrogens is 330 g/mol. The highest BCUT2D eigenvalue weighted by Crippen LogP contribution is 2.23. The van der Waals surface area contributed by atoms with Crippen LogP contribution in [0.4, 0.5) is 0 Å². The second-order valence-electron chi connectivity index (χ2n) is 8.05. The Kier molecular flexibility index (Phi) is 14.1. The number of nitrogens with zero attached hydrogens (tertiary/aromatic N) is 1. The molecular formula is C21H43NO4. The van der Waals surface area contributed by atoms with Gasteiger partial charge in [-0.3, -0.25) is 4.48 Å². The summed E-state index contributed by atoms with van der Waals surface area (Å²) in [5.74, 6) is -2.66. The molecule has 0 aliphatic rings. The largest absolute Gasteiger partial charge is 0.544 e. The third-order valence-corrected chi connectivity index (χ3v) is 5.26. The summed E-state index contributed by atoms with van der Waals surface area (Å²) in [6.45, 7) is 4.23. The van der Waals surface area contributed by atoms with Crippen molar-refractivity contribution in [3.05, 3.63) is 0 Å². The lowest BCUT2D eigenvalue weighted by atomic mass is 10.1. The van der Waals surface area contributed by atoms with E-state index in [0.717, 1.165) is 12.8 Å². The fourth-order valence-electron chi connectivity index (χ4n) is 3.33. The van der Waals surface area contributed by atoms with Crippen LogP contribution in [0, 0.1) is 0 Å². The Labute approximate surface area is 161 Å². The van der Waals surface area contributed by atoms with E-state index in [1.807, 2.05) is 0 Å². The quantitative estimate of drug-likeness (QED) is 0.226. The maximum Gasteiger partial charge on any atom is 0.316 e. The average molecular weight is 374 g/mol. The van der Waals surface area contributed by atoms with Crippen LogP contribution in [0.15, 0.2) is 0 Å². The first-order chi connectivity index (χ1) is 12.3. The predicted octanol–water partition coefficient (Wildman–Crippen LogP) is 3.59. The van der Waals surface area contributed by atoms with Crippen molar-refractivity contribution in [3.63, 3.8) is 0 Å². The molecule has 0 spiro atoms. The van der Waals surface area contributed by atoms with Crippen LogP contribution in [0.2, 0.25) is 0 Å². The van der Waals surface area contributed by atoms with Crippen molar-refractivity contribution in [3.8, 4) is 0 Å². The summed E-state index contributed by atoms with van der Waals surface area (Å²) in [6, 6.07) is 0. The molecule has 5 nitrogen and oxygen atoms in total. The van der Waals surface area contributed by atoms with E-state index >= 15 is 0 Å². The maximum atomic E-state index is 10.9. The zero-order valence-corrected chi connectivity index (χ0v) is 17.7. The Balaban J connectivity index is 3.70. The zero-order chi connectivity index (χ0) is 19.9. The SMILES string of the molecule is CCCCCCCCCCCCCCOC(O)(CC)[N+](C)(C)CC(=O)[O-]. The predicted molar refractivity (Wildman–Crippen MR) is 104 cm³/mol. The molecule has 0 heterocycles. The van der Waals surface area contributed by atoms with Gasteiger partial charge in [0.2, 0.25) is 0 Å². The summed E-state index contributed by atoms with van der Waals surface area (Å²) < 4.78 is 5.52. The minimum atomic E-state index is -1.47. The van der Waals surface area contributed by atoms with Crippen LogP contribution in [0.25, 0.3) is 0 Å². The molecule has 0 saturated carbocycles.